The van der Waals surface area contributed by atoms with Crippen LogP contribution in [0.5, 0.6) is 0 Å². The van der Waals surface area contributed by atoms with E-state index in [-0.39, 0.29) is 11.5 Å². The normalized spacial score (nSPS) is 14.5. The lowest BCUT2D eigenvalue weighted by molar-refractivity contribution is -0.119. The highest BCUT2D eigenvalue weighted by atomic mass is 32.2. The van der Waals surface area contributed by atoms with Crippen molar-refractivity contribution in [1.82, 2.24) is 24.8 Å². The molecule has 1 unspecified atom stereocenters. The van der Waals surface area contributed by atoms with Gasteiger partial charge in [0.2, 0.25) is 5.91 Å². The third kappa shape index (κ3) is 2.60. The molecule has 1 aliphatic rings. The maximum atomic E-state index is 12.7. The van der Waals surface area contributed by atoms with Gasteiger partial charge in [-0.25, -0.2) is 0 Å². The standard InChI is InChI=1S/C16H16N6O2S/c1-9(22-16(24)10-5-3-4-6-12(10)18-20-22)15(23)17-14-11-7-25-8-13(11)19-21(14)2/h3-6,9H,7-8H2,1-2H3,(H,17,23). The fraction of sp³-hybridized carbons (Fsp3) is 0.312. The quantitative estimate of drug-likeness (QED) is 0.764. The molecule has 1 aliphatic heterocycles. The fourth-order valence-electron chi connectivity index (χ4n) is 2.88. The zero-order valence-corrected chi connectivity index (χ0v) is 14.6. The monoisotopic (exact) mass is 356 g/mol. The Morgan fingerprint density at radius 1 is 1.32 bits per heavy atom. The SMILES string of the molecule is CC(C(=O)Nc1c2c(nn1C)CSC2)n1nnc2ccccc2c1=O. The number of fused-ring (bicyclic) bond motifs is 2. The Bertz CT molecular complexity index is 1040. The number of aromatic nitrogens is 5. The maximum Gasteiger partial charge on any atom is 0.278 e. The topological polar surface area (TPSA) is 94.7 Å². The highest BCUT2D eigenvalue weighted by molar-refractivity contribution is 7.98. The molecule has 9 heteroatoms. The molecular weight excluding hydrogens is 340 g/mol. The van der Waals surface area contributed by atoms with Gasteiger partial charge in [0, 0.05) is 24.1 Å². The number of anilines is 1. The van der Waals surface area contributed by atoms with Gasteiger partial charge in [-0.05, 0) is 19.1 Å². The van der Waals surface area contributed by atoms with Crippen molar-refractivity contribution in [2.24, 2.45) is 7.05 Å². The average Bonchev–Trinajstić information content (AvgIpc) is 3.17. The lowest BCUT2D eigenvalue weighted by Gasteiger charge is -2.14. The van der Waals surface area contributed by atoms with E-state index in [4.69, 9.17) is 0 Å². The number of rotatable bonds is 3. The first-order chi connectivity index (χ1) is 12.1. The second-order valence-corrected chi connectivity index (χ2v) is 6.90. The molecule has 1 N–H and O–H groups in total. The molecule has 0 bridgehead atoms. The smallest absolute Gasteiger partial charge is 0.278 e. The zero-order chi connectivity index (χ0) is 17.6. The summed E-state index contributed by atoms with van der Waals surface area (Å²) in [6.07, 6.45) is 0. The number of hydrogen-bond acceptors (Lipinski definition) is 6. The molecule has 0 saturated heterocycles. The Morgan fingerprint density at radius 2 is 2.12 bits per heavy atom. The Hall–Kier alpha value is -2.68. The van der Waals surface area contributed by atoms with Crippen LogP contribution in [0.1, 0.15) is 24.2 Å². The van der Waals surface area contributed by atoms with E-state index < -0.39 is 6.04 Å². The lowest BCUT2D eigenvalue weighted by Crippen LogP contribution is -2.34. The molecule has 0 saturated carbocycles. The molecular formula is C16H16N6O2S. The van der Waals surface area contributed by atoms with Gasteiger partial charge >= 0.3 is 0 Å². The summed E-state index contributed by atoms with van der Waals surface area (Å²) in [5.41, 5.74) is 2.22. The molecule has 0 spiro atoms. The summed E-state index contributed by atoms with van der Waals surface area (Å²) in [5.74, 6) is 2.03. The van der Waals surface area contributed by atoms with Gasteiger partial charge in [-0.15, -0.1) is 5.10 Å². The lowest BCUT2D eigenvalue weighted by atomic mass is 10.2. The molecule has 25 heavy (non-hydrogen) atoms. The molecule has 0 radical (unpaired) electrons. The van der Waals surface area contributed by atoms with Crippen LogP contribution in [-0.4, -0.2) is 30.7 Å². The molecule has 2 aromatic heterocycles. The Morgan fingerprint density at radius 3 is 2.96 bits per heavy atom. The molecule has 3 heterocycles. The van der Waals surface area contributed by atoms with E-state index in [1.807, 2.05) is 0 Å². The van der Waals surface area contributed by atoms with Crippen LogP contribution in [0.3, 0.4) is 0 Å². The van der Waals surface area contributed by atoms with E-state index >= 15 is 0 Å². The van der Waals surface area contributed by atoms with Crippen LogP contribution in [0.4, 0.5) is 5.82 Å². The van der Waals surface area contributed by atoms with Gasteiger partial charge in [0.15, 0.2) is 0 Å². The van der Waals surface area contributed by atoms with Crippen molar-refractivity contribution in [3.63, 3.8) is 0 Å². The number of benzene rings is 1. The van der Waals surface area contributed by atoms with E-state index in [0.717, 1.165) is 27.4 Å². The average molecular weight is 356 g/mol. The predicted molar refractivity (Wildman–Crippen MR) is 95.3 cm³/mol. The predicted octanol–water partition coefficient (Wildman–Crippen LogP) is 1.47. The zero-order valence-electron chi connectivity index (χ0n) is 13.8. The first-order valence-electron chi connectivity index (χ1n) is 7.84. The molecule has 1 amide bonds. The van der Waals surface area contributed by atoms with Crippen molar-refractivity contribution >= 4 is 34.4 Å². The first kappa shape index (κ1) is 15.8. The van der Waals surface area contributed by atoms with Crippen LogP contribution in [0, 0.1) is 0 Å². The van der Waals surface area contributed by atoms with Crippen LogP contribution in [-0.2, 0) is 23.3 Å². The van der Waals surface area contributed by atoms with Crippen molar-refractivity contribution < 1.29 is 4.79 Å². The van der Waals surface area contributed by atoms with Crippen molar-refractivity contribution in [1.29, 1.82) is 0 Å². The molecule has 1 atom stereocenters. The molecule has 1 aromatic carbocycles. The Balaban J connectivity index is 1.65. The number of amides is 1. The van der Waals surface area contributed by atoms with Gasteiger partial charge in [-0.1, -0.05) is 17.3 Å². The molecule has 3 aromatic rings. The van der Waals surface area contributed by atoms with Gasteiger partial charge in [0.1, 0.15) is 17.4 Å². The minimum atomic E-state index is -0.788. The number of carbonyl (C=O) groups excluding carboxylic acids is 1. The van der Waals surface area contributed by atoms with Crippen LogP contribution in [0.25, 0.3) is 10.9 Å². The Labute approximate surface area is 147 Å². The summed E-state index contributed by atoms with van der Waals surface area (Å²) < 4.78 is 2.78. The molecule has 4 rings (SSSR count). The minimum absolute atomic E-state index is 0.325. The molecule has 0 fully saturated rings. The number of nitrogens with one attached hydrogen (secondary N) is 1. The molecule has 8 nitrogen and oxygen atoms in total. The maximum absolute atomic E-state index is 12.7. The second kappa shape index (κ2) is 5.99. The summed E-state index contributed by atoms with van der Waals surface area (Å²) in [6.45, 7) is 1.63. The third-order valence-electron chi connectivity index (χ3n) is 4.29. The van der Waals surface area contributed by atoms with Gasteiger partial charge in [0.05, 0.1) is 11.1 Å². The van der Waals surface area contributed by atoms with Crippen LogP contribution in [0.2, 0.25) is 0 Å². The molecule has 128 valence electrons. The number of nitrogens with zero attached hydrogens (tertiary/aromatic N) is 5. The van der Waals surface area contributed by atoms with E-state index in [1.165, 1.54) is 0 Å². The van der Waals surface area contributed by atoms with E-state index in [1.54, 1.807) is 54.7 Å². The van der Waals surface area contributed by atoms with Gasteiger partial charge in [-0.3, -0.25) is 14.3 Å². The number of thioether (sulfide) groups is 1. The van der Waals surface area contributed by atoms with Crippen molar-refractivity contribution in [3.05, 3.63) is 45.9 Å². The summed E-state index contributed by atoms with van der Waals surface area (Å²) in [6, 6.07) is 6.16. The fourth-order valence-corrected chi connectivity index (χ4v) is 3.92. The largest absolute Gasteiger partial charge is 0.309 e. The highest BCUT2D eigenvalue weighted by Gasteiger charge is 2.25. The van der Waals surface area contributed by atoms with E-state index in [9.17, 15) is 9.59 Å². The summed E-state index contributed by atoms with van der Waals surface area (Å²) >= 11 is 1.76. The number of hydrogen-bond donors (Lipinski definition) is 1. The van der Waals surface area contributed by atoms with Crippen molar-refractivity contribution in [2.75, 3.05) is 5.32 Å². The van der Waals surface area contributed by atoms with E-state index in [2.05, 4.69) is 20.7 Å². The second-order valence-electron chi connectivity index (χ2n) is 5.91. The van der Waals surface area contributed by atoms with Crippen molar-refractivity contribution in [2.45, 2.75) is 24.5 Å². The van der Waals surface area contributed by atoms with Gasteiger partial charge in [-0.2, -0.15) is 21.5 Å². The van der Waals surface area contributed by atoms with Crippen LogP contribution < -0.4 is 10.9 Å². The molecule has 0 aliphatic carbocycles. The summed E-state index contributed by atoms with van der Waals surface area (Å²) in [5, 5.41) is 15.7. The first-order valence-corrected chi connectivity index (χ1v) is 8.99. The summed E-state index contributed by atoms with van der Waals surface area (Å²) in [7, 11) is 1.80. The highest BCUT2D eigenvalue weighted by Crippen LogP contribution is 2.34. The van der Waals surface area contributed by atoms with E-state index in [0.29, 0.717) is 16.7 Å². The van der Waals surface area contributed by atoms with Crippen LogP contribution in [0.15, 0.2) is 29.1 Å². The van der Waals surface area contributed by atoms with Crippen LogP contribution >= 0.6 is 11.8 Å². The number of carbonyl (C=O) groups is 1. The van der Waals surface area contributed by atoms with Crippen molar-refractivity contribution in [3.8, 4) is 0 Å². The van der Waals surface area contributed by atoms with Gasteiger partial charge < -0.3 is 5.32 Å². The Kier molecular flexibility index (Phi) is 3.79. The third-order valence-corrected chi connectivity index (χ3v) is 5.26. The van der Waals surface area contributed by atoms with Gasteiger partial charge in [0.25, 0.3) is 5.56 Å². The number of aryl methyl sites for hydroxylation is 1. The minimum Gasteiger partial charge on any atom is -0.309 e. The summed E-state index contributed by atoms with van der Waals surface area (Å²) in [4.78, 5) is 25.3.